The second kappa shape index (κ2) is 10.7. The molecular weight excluding hydrogens is 234 g/mol. The Balaban J connectivity index is 1.72. The van der Waals surface area contributed by atoms with Crippen LogP contribution in [0.1, 0.15) is 6.42 Å². The number of rotatable bonds is 12. The van der Waals surface area contributed by atoms with Gasteiger partial charge in [0.2, 0.25) is 0 Å². The van der Waals surface area contributed by atoms with Crippen LogP contribution in [0.25, 0.3) is 0 Å². The van der Waals surface area contributed by atoms with Gasteiger partial charge in [-0.3, -0.25) is 5.32 Å². The van der Waals surface area contributed by atoms with Crippen molar-refractivity contribution in [1.82, 2.24) is 10.2 Å². The van der Waals surface area contributed by atoms with Crippen molar-refractivity contribution in [3.8, 4) is 0 Å². The maximum Gasteiger partial charge on any atom is 0.0701 e. The molecule has 6 nitrogen and oxygen atoms in total. The molecule has 18 heavy (non-hydrogen) atoms. The van der Waals surface area contributed by atoms with Crippen molar-refractivity contribution in [2.24, 2.45) is 5.73 Å². The fourth-order valence-electron chi connectivity index (χ4n) is 1.90. The number of hydrogen-bond acceptors (Lipinski definition) is 6. The summed E-state index contributed by atoms with van der Waals surface area (Å²) < 4.78 is 15.6. The highest BCUT2D eigenvalue weighted by Crippen LogP contribution is 2.07. The van der Waals surface area contributed by atoms with Gasteiger partial charge in [0.1, 0.15) is 0 Å². The van der Waals surface area contributed by atoms with E-state index in [0.717, 1.165) is 32.7 Å². The first-order chi connectivity index (χ1) is 8.86. The van der Waals surface area contributed by atoms with E-state index in [9.17, 15) is 0 Å². The zero-order valence-electron chi connectivity index (χ0n) is 11.4. The average molecular weight is 261 g/mol. The highest BCUT2D eigenvalue weighted by Gasteiger charge is 2.24. The topological polar surface area (TPSA) is 69.0 Å². The normalized spacial score (nSPS) is 17.0. The quantitative estimate of drug-likeness (QED) is 0.356. The first kappa shape index (κ1) is 15.8. The Labute approximate surface area is 110 Å². The fourth-order valence-corrected chi connectivity index (χ4v) is 1.90. The molecule has 1 fully saturated rings. The molecule has 0 radical (unpaired) electrons. The zero-order valence-corrected chi connectivity index (χ0v) is 11.4. The van der Waals surface area contributed by atoms with Crippen molar-refractivity contribution >= 4 is 0 Å². The molecule has 0 aromatic rings. The van der Waals surface area contributed by atoms with Gasteiger partial charge in [0.05, 0.1) is 26.4 Å². The molecule has 0 unspecified atom stereocenters. The summed E-state index contributed by atoms with van der Waals surface area (Å²) in [6.45, 7) is 7.30. The van der Waals surface area contributed by atoms with Crippen molar-refractivity contribution in [3.63, 3.8) is 0 Å². The van der Waals surface area contributed by atoms with Crippen LogP contribution in [0.3, 0.4) is 0 Å². The first-order valence-corrected chi connectivity index (χ1v) is 6.67. The fraction of sp³-hybridized carbons (Fsp3) is 1.00. The molecule has 6 heteroatoms. The Morgan fingerprint density at radius 3 is 2.44 bits per heavy atom. The van der Waals surface area contributed by atoms with Crippen LogP contribution >= 0.6 is 0 Å². The van der Waals surface area contributed by atoms with Gasteiger partial charge in [0, 0.05) is 46.1 Å². The third-order valence-electron chi connectivity index (χ3n) is 2.93. The van der Waals surface area contributed by atoms with Crippen LogP contribution in [0.15, 0.2) is 0 Å². The van der Waals surface area contributed by atoms with Gasteiger partial charge in [-0.25, -0.2) is 0 Å². The monoisotopic (exact) mass is 261 g/mol. The summed E-state index contributed by atoms with van der Waals surface area (Å²) in [5.41, 5.74) is 5.41. The van der Waals surface area contributed by atoms with Crippen LogP contribution in [-0.2, 0) is 14.2 Å². The van der Waals surface area contributed by atoms with E-state index in [0.29, 0.717) is 39.1 Å². The van der Waals surface area contributed by atoms with Gasteiger partial charge in [-0.1, -0.05) is 0 Å². The second-order valence-electron chi connectivity index (χ2n) is 4.44. The minimum Gasteiger partial charge on any atom is -0.382 e. The van der Waals surface area contributed by atoms with Crippen LogP contribution in [-0.4, -0.2) is 77.4 Å². The lowest BCUT2D eigenvalue weighted by atomic mass is 10.1. The molecule has 1 heterocycles. The van der Waals surface area contributed by atoms with Crippen molar-refractivity contribution in [3.05, 3.63) is 0 Å². The Morgan fingerprint density at radius 1 is 1.11 bits per heavy atom. The number of nitrogens with one attached hydrogen (secondary N) is 1. The summed E-state index contributed by atoms with van der Waals surface area (Å²) >= 11 is 0. The van der Waals surface area contributed by atoms with Crippen LogP contribution in [0.4, 0.5) is 0 Å². The van der Waals surface area contributed by atoms with Gasteiger partial charge < -0.3 is 24.8 Å². The van der Waals surface area contributed by atoms with Crippen LogP contribution in [0.2, 0.25) is 0 Å². The van der Waals surface area contributed by atoms with E-state index < -0.39 is 0 Å². The van der Waals surface area contributed by atoms with Gasteiger partial charge >= 0.3 is 0 Å². The molecule has 1 saturated heterocycles. The number of methoxy groups -OCH3 is 1. The predicted octanol–water partition coefficient (Wildman–Crippen LogP) is -0.754. The molecule has 108 valence electrons. The Bertz CT molecular complexity index is 189. The molecule has 0 aromatic carbocycles. The van der Waals surface area contributed by atoms with Gasteiger partial charge in [0.25, 0.3) is 0 Å². The van der Waals surface area contributed by atoms with Crippen molar-refractivity contribution < 1.29 is 14.2 Å². The lowest BCUT2D eigenvalue weighted by Crippen LogP contribution is -2.58. The third-order valence-corrected chi connectivity index (χ3v) is 2.93. The van der Waals surface area contributed by atoms with Crippen LogP contribution in [0.5, 0.6) is 0 Å². The second-order valence-corrected chi connectivity index (χ2v) is 4.44. The lowest BCUT2D eigenvalue weighted by Gasteiger charge is -2.39. The summed E-state index contributed by atoms with van der Waals surface area (Å²) in [5.74, 6) is 0. The molecule has 3 N–H and O–H groups in total. The van der Waals surface area contributed by atoms with Gasteiger partial charge in [-0.05, 0) is 6.42 Å². The molecule has 1 aliphatic heterocycles. The molecule has 0 aromatic heterocycles. The summed E-state index contributed by atoms with van der Waals surface area (Å²) in [4.78, 5) is 2.41. The molecule has 0 bridgehead atoms. The number of nitrogens with zero attached hydrogens (tertiary/aromatic N) is 1. The summed E-state index contributed by atoms with van der Waals surface area (Å²) in [6, 6.07) is 0.588. The van der Waals surface area contributed by atoms with Gasteiger partial charge in [-0.15, -0.1) is 0 Å². The maximum atomic E-state index is 5.48. The summed E-state index contributed by atoms with van der Waals surface area (Å²) in [7, 11) is 1.67. The molecule has 1 aliphatic rings. The predicted molar refractivity (Wildman–Crippen MR) is 70.5 cm³/mol. The number of ether oxygens (including phenoxy) is 3. The van der Waals surface area contributed by atoms with Crippen LogP contribution in [0, 0.1) is 0 Å². The SMILES string of the molecule is COCCOCCOCCCN1CC(NCN)C1. The average Bonchev–Trinajstić information content (AvgIpc) is 2.33. The first-order valence-electron chi connectivity index (χ1n) is 6.67. The van der Waals surface area contributed by atoms with Crippen molar-refractivity contribution in [2.75, 3.05) is 66.4 Å². The van der Waals surface area contributed by atoms with E-state index >= 15 is 0 Å². The molecular formula is C12H27N3O3. The van der Waals surface area contributed by atoms with E-state index in [4.69, 9.17) is 19.9 Å². The van der Waals surface area contributed by atoms with Gasteiger partial charge in [-0.2, -0.15) is 0 Å². The Kier molecular flexibility index (Phi) is 9.37. The lowest BCUT2D eigenvalue weighted by molar-refractivity contribution is 0.0205. The highest BCUT2D eigenvalue weighted by atomic mass is 16.5. The molecule has 0 spiro atoms. The number of likely N-dealkylation sites (tertiary alicyclic amines) is 1. The summed E-state index contributed by atoms with van der Waals surface area (Å²) in [5, 5.41) is 3.23. The third kappa shape index (κ3) is 7.25. The van der Waals surface area contributed by atoms with Crippen molar-refractivity contribution in [2.45, 2.75) is 12.5 Å². The largest absolute Gasteiger partial charge is 0.382 e. The minimum atomic E-state index is 0.574. The summed E-state index contributed by atoms with van der Waals surface area (Å²) in [6.07, 6.45) is 1.08. The number of hydrogen-bond donors (Lipinski definition) is 2. The minimum absolute atomic E-state index is 0.574. The number of nitrogens with two attached hydrogens (primary N) is 1. The van der Waals surface area contributed by atoms with E-state index in [-0.39, 0.29) is 0 Å². The molecule has 0 aliphatic carbocycles. The highest BCUT2D eigenvalue weighted by molar-refractivity contribution is 4.84. The molecule has 0 atom stereocenters. The van der Waals surface area contributed by atoms with Gasteiger partial charge in [0.15, 0.2) is 0 Å². The van der Waals surface area contributed by atoms with Crippen LogP contribution < -0.4 is 11.1 Å². The van der Waals surface area contributed by atoms with E-state index in [1.165, 1.54) is 0 Å². The standard InChI is InChI=1S/C12H27N3O3/c1-16-5-6-18-8-7-17-4-2-3-15-9-12(10-15)14-11-13/h12,14H,2-11,13H2,1H3. The smallest absolute Gasteiger partial charge is 0.0701 e. The molecule has 0 amide bonds. The van der Waals surface area contributed by atoms with Crippen molar-refractivity contribution in [1.29, 1.82) is 0 Å². The molecule has 0 saturated carbocycles. The molecule has 1 rings (SSSR count). The Hall–Kier alpha value is -0.240. The Morgan fingerprint density at radius 2 is 1.78 bits per heavy atom. The van der Waals surface area contributed by atoms with E-state index in [1.807, 2.05) is 0 Å². The van der Waals surface area contributed by atoms with E-state index in [1.54, 1.807) is 7.11 Å². The maximum absolute atomic E-state index is 5.48. The zero-order chi connectivity index (χ0) is 13.1. The van der Waals surface area contributed by atoms with E-state index in [2.05, 4.69) is 10.2 Å².